The van der Waals surface area contributed by atoms with E-state index < -0.39 is 40.2 Å². The second kappa shape index (κ2) is 13.6. The summed E-state index contributed by atoms with van der Waals surface area (Å²) >= 11 is 1.41. The smallest absolute Gasteiger partial charge is 0.410 e. The summed E-state index contributed by atoms with van der Waals surface area (Å²) in [7, 11) is 1.58. The van der Waals surface area contributed by atoms with Crippen LogP contribution in [0.3, 0.4) is 0 Å². The predicted octanol–water partition coefficient (Wildman–Crippen LogP) is 2.89. The highest BCUT2D eigenvalue weighted by Crippen LogP contribution is 2.47. The summed E-state index contributed by atoms with van der Waals surface area (Å²) in [6.45, 7) is 6.66. The number of hydrogen-bond donors (Lipinski definition) is 1. The van der Waals surface area contributed by atoms with E-state index in [1.807, 2.05) is 24.3 Å². The Balaban J connectivity index is 1.29. The Morgan fingerprint density at radius 3 is 2.51 bits per heavy atom. The molecule has 2 unspecified atom stereocenters. The van der Waals surface area contributed by atoms with Gasteiger partial charge in [0.05, 0.1) is 24.8 Å². The molecule has 0 bridgehead atoms. The van der Waals surface area contributed by atoms with Gasteiger partial charge in [0.2, 0.25) is 5.91 Å². The number of allylic oxidation sites excluding steroid dienone is 1. The van der Waals surface area contributed by atoms with E-state index in [0.717, 1.165) is 5.56 Å². The summed E-state index contributed by atoms with van der Waals surface area (Å²) in [4.78, 5) is 61.7. The van der Waals surface area contributed by atoms with Gasteiger partial charge >= 0.3 is 6.09 Å². The van der Waals surface area contributed by atoms with Gasteiger partial charge in [0.25, 0.3) is 5.91 Å². The van der Waals surface area contributed by atoms with Crippen LogP contribution in [-0.2, 0) is 25.5 Å². The third-order valence-corrected chi connectivity index (χ3v) is 10.5. The lowest BCUT2D eigenvalue weighted by atomic mass is 9.95. The Morgan fingerprint density at radius 1 is 1.10 bits per heavy atom. The molecule has 0 saturated carbocycles. The minimum absolute atomic E-state index is 0.0122. The summed E-state index contributed by atoms with van der Waals surface area (Å²) in [5.41, 5.74) is 1.22. The molecule has 13 heteroatoms. The molecule has 0 aliphatic carbocycles. The number of ether oxygens (including phenoxy) is 2. The molecule has 258 valence electrons. The van der Waals surface area contributed by atoms with Crippen molar-refractivity contribution in [3.05, 3.63) is 82.6 Å². The van der Waals surface area contributed by atoms with Gasteiger partial charge in [-0.15, -0.1) is 11.8 Å². The predicted molar refractivity (Wildman–Crippen MR) is 181 cm³/mol. The van der Waals surface area contributed by atoms with Crippen LogP contribution in [0, 0.1) is 0 Å². The van der Waals surface area contributed by atoms with E-state index in [-0.39, 0.29) is 23.4 Å². The van der Waals surface area contributed by atoms with Crippen molar-refractivity contribution in [2.24, 2.45) is 4.99 Å². The lowest BCUT2D eigenvalue weighted by Crippen LogP contribution is -2.66. The number of β-lactam (4-membered cyclic amide) rings is 1. The highest BCUT2D eigenvalue weighted by Gasteiger charge is 2.54. The molecule has 1 N–H and O–H groups in total. The Bertz CT molecular complexity index is 1750. The van der Waals surface area contributed by atoms with Crippen molar-refractivity contribution in [2.75, 3.05) is 26.7 Å². The second-order valence-electron chi connectivity index (χ2n) is 13.4. The quantitative estimate of drug-likeness (QED) is 0.251. The Morgan fingerprint density at radius 2 is 1.84 bits per heavy atom. The fourth-order valence-electron chi connectivity index (χ4n) is 6.55. The number of rotatable bonds is 8. The van der Waals surface area contributed by atoms with Crippen molar-refractivity contribution in [1.29, 1.82) is 0 Å². The summed E-state index contributed by atoms with van der Waals surface area (Å²) in [6.07, 6.45) is 4.03. The van der Waals surface area contributed by atoms with Crippen LogP contribution in [0.5, 0.6) is 11.5 Å². The Labute approximate surface area is 289 Å². The van der Waals surface area contributed by atoms with Crippen LogP contribution in [0.15, 0.2) is 76.4 Å². The molecule has 4 aliphatic heterocycles. The number of carbonyl (C=O) groups is 4. The number of aromatic hydroxyl groups is 1. The van der Waals surface area contributed by atoms with Crippen LogP contribution in [-0.4, -0.2) is 105 Å². The molecule has 2 aromatic carbocycles. The zero-order valence-corrected chi connectivity index (χ0v) is 28.6. The fraction of sp³-hybridized carbons (Fsp3) is 0.417. The van der Waals surface area contributed by atoms with Crippen LogP contribution in [0.25, 0.3) is 0 Å². The van der Waals surface area contributed by atoms with E-state index in [4.69, 9.17) is 9.47 Å². The summed E-state index contributed by atoms with van der Waals surface area (Å²) < 4.78 is 10.8. The molecule has 12 nitrogen and oxygen atoms in total. The van der Waals surface area contributed by atoms with E-state index in [0.29, 0.717) is 61.4 Å². The third kappa shape index (κ3) is 7.03. The topological polar surface area (TPSA) is 152 Å². The number of phenolic OH excluding ortho intramolecular Hbond substituents is 1. The zero-order valence-electron chi connectivity index (χ0n) is 27.8. The number of nitrogens with zero attached hydrogens (tertiary/aromatic N) is 4. The SMILES string of the molecule is COc1ccc(CC2SC3[C@H](N=Cc4ccccc4O)C(=O)N3C(C(=O)[O-])=C2/C=C2\CCN([C@@H]3CCN(C(=O)OC(C)(C)C)C3)C2=O)cc1. The average Bonchev–Trinajstić information content (AvgIpc) is 3.69. The first kappa shape index (κ1) is 34.1. The molecule has 0 spiro atoms. The molecule has 6 rings (SSSR count). The number of aliphatic imine (C=N–C) groups is 1. The van der Waals surface area contributed by atoms with Crippen LogP contribution in [0.4, 0.5) is 4.79 Å². The van der Waals surface area contributed by atoms with Gasteiger partial charge in [-0.3, -0.25) is 19.5 Å². The number of fused-ring (bicyclic) bond motifs is 1. The summed E-state index contributed by atoms with van der Waals surface area (Å²) in [5.74, 6) is -1.56. The van der Waals surface area contributed by atoms with Gasteiger partial charge in [0.15, 0.2) is 6.04 Å². The van der Waals surface area contributed by atoms with Crippen molar-refractivity contribution in [3.8, 4) is 11.5 Å². The van der Waals surface area contributed by atoms with Gasteiger partial charge in [-0.1, -0.05) is 24.3 Å². The van der Waals surface area contributed by atoms with E-state index >= 15 is 0 Å². The van der Waals surface area contributed by atoms with Crippen molar-refractivity contribution in [2.45, 2.75) is 68.3 Å². The molecule has 4 atom stereocenters. The van der Waals surface area contributed by atoms with E-state index in [2.05, 4.69) is 4.99 Å². The van der Waals surface area contributed by atoms with Crippen molar-refractivity contribution in [1.82, 2.24) is 14.7 Å². The molecule has 3 saturated heterocycles. The lowest BCUT2D eigenvalue weighted by molar-refractivity contribution is -0.301. The van der Waals surface area contributed by atoms with Crippen LogP contribution < -0.4 is 9.84 Å². The standard InChI is InChI=1S/C36H40N4O8S/c1-36(2,3)48-35(46)38-15-14-24(20-38)39-16-13-22(31(39)42)18-26-28(17-21-9-11-25(47-4)12-10-21)49-33-29(32(43)40(33)30(26)34(44)45)37-19-23-7-5-6-8-27(23)41/h5-12,18-19,24,28-29,33,41H,13-17,20H2,1-4H3,(H,44,45)/p-1/b22-18+,37-19?/t24-,28?,29-,33?/m1/s1. The van der Waals surface area contributed by atoms with Gasteiger partial charge in [-0.25, -0.2) is 4.79 Å². The number of carboxylic acids is 1. The van der Waals surface area contributed by atoms with E-state index in [1.54, 1.807) is 62.0 Å². The first-order valence-corrected chi connectivity index (χ1v) is 17.2. The summed E-state index contributed by atoms with van der Waals surface area (Å²) in [6, 6.07) is 13.0. The van der Waals surface area contributed by atoms with Crippen LogP contribution in [0.2, 0.25) is 0 Å². The number of para-hydroxylation sites is 1. The third-order valence-electron chi connectivity index (χ3n) is 9.01. The number of aliphatic carboxylic acids is 1. The Kier molecular flexibility index (Phi) is 9.47. The fourth-order valence-corrected chi connectivity index (χ4v) is 8.17. The first-order valence-electron chi connectivity index (χ1n) is 16.2. The molecular formula is C36H39N4O8S-. The maximum Gasteiger partial charge on any atom is 0.410 e. The van der Waals surface area contributed by atoms with Crippen molar-refractivity contribution >= 4 is 41.9 Å². The molecule has 2 aromatic rings. The lowest BCUT2D eigenvalue weighted by Gasteiger charge is -2.51. The zero-order chi connectivity index (χ0) is 35.0. The molecule has 49 heavy (non-hydrogen) atoms. The number of amides is 3. The number of carbonyl (C=O) groups excluding carboxylic acids is 4. The minimum Gasteiger partial charge on any atom is -0.543 e. The molecule has 3 fully saturated rings. The highest BCUT2D eigenvalue weighted by atomic mass is 32.2. The van der Waals surface area contributed by atoms with Crippen molar-refractivity contribution in [3.63, 3.8) is 0 Å². The maximum absolute atomic E-state index is 13.8. The number of thioether (sulfide) groups is 1. The molecule has 0 aromatic heterocycles. The monoisotopic (exact) mass is 687 g/mol. The van der Waals surface area contributed by atoms with Crippen LogP contribution in [0.1, 0.15) is 44.7 Å². The molecule has 3 amide bonds. The Hall–Kier alpha value is -4.78. The normalized spacial score (nSPS) is 24.9. The molecule has 4 heterocycles. The second-order valence-corrected chi connectivity index (χ2v) is 14.8. The minimum atomic E-state index is -1.51. The van der Waals surface area contributed by atoms with Gasteiger partial charge < -0.3 is 34.3 Å². The maximum atomic E-state index is 13.8. The van der Waals surface area contributed by atoms with Crippen LogP contribution >= 0.6 is 11.8 Å². The number of hydrogen-bond acceptors (Lipinski definition) is 10. The van der Waals surface area contributed by atoms with Crippen molar-refractivity contribution < 1.29 is 38.9 Å². The molecular weight excluding hydrogens is 648 g/mol. The number of likely N-dealkylation sites (tertiary alicyclic amines) is 2. The van der Waals surface area contributed by atoms with E-state index in [9.17, 15) is 29.4 Å². The number of phenols is 1. The number of methoxy groups -OCH3 is 1. The van der Waals surface area contributed by atoms with Gasteiger partial charge in [-0.2, -0.15) is 0 Å². The molecule has 4 aliphatic rings. The van der Waals surface area contributed by atoms with E-state index in [1.165, 1.54) is 28.9 Å². The number of benzene rings is 2. The van der Waals surface area contributed by atoms with Gasteiger partial charge in [0.1, 0.15) is 22.5 Å². The molecule has 0 radical (unpaired) electrons. The largest absolute Gasteiger partial charge is 0.543 e. The summed E-state index contributed by atoms with van der Waals surface area (Å²) in [5, 5.41) is 21.9. The van der Waals surface area contributed by atoms with Gasteiger partial charge in [-0.05, 0) is 81.5 Å². The van der Waals surface area contributed by atoms with Gasteiger partial charge in [0, 0.05) is 42.2 Å². The number of carboxylic acid groups (broad SMARTS) is 1. The average molecular weight is 688 g/mol. The first-order chi connectivity index (χ1) is 23.3. The highest BCUT2D eigenvalue weighted by molar-refractivity contribution is 8.00.